The van der Waals surface area contributed by atoms with Gasteiger partial charge in [-0.15, -0.1) is 0 Å². The number of ether oxygens (including phenoxy) is 4. The Kier molecular flexibility index (Phi) is 6.78. The van der Waals surface area contributed by atoms with Gasteiger partial charge in [0.15, 0.2) is 0 Å². The van der Waals surface area contributed by atoms with Crippen LogP contribution in [0, 0.1) is 0 Å². The molecule has 0 aliphatic rings. The summed E-state index contributed by atoms with van der Waals surface area (Å²) in [6, 6.07) is 15.4. The predicted molar refractivity (Wildman–Crippen MR) is 110 cm³/mol. The number of carbonyl (C=O) groups excluding carboxylic acids is 1. The summed E-state index contributed by atoms with van der Waals surface area (Å²) in [6.07, 6.45) is 1.46. The SMILES string of the molecule is COc1cccc(C(=O)NN=Cc2ccccc2Oc2nc(OC)cc(OC)n2)c1. The lowest BCUT2D eigenvalue weighted by atomic mass is 10.2. The van der Waals surface area contributed by atoms with Crippen LogP contribution in [0.15, 0.2) is 59.7 Å². The van der Waals surface area contributed by atoms with E-state index in [1.807, 2.05) is 6.07 Å². The molecule has 0 bridgehead atoms. The molecule has 0 spiro atoms. The van der Waals surface area contributed by atoms with Gasteiger partial charge in [-0.3, -0.25) is 4.79 Å². The standard InChI is InChI=1S/C21H20N4O5/c1-27-16-9-6-8-14(11-16)20(26)25-22-13-15-7-4-5-10-17(15)30-21-23-18(28-2)12-19(24-21)29-3/h4-13H,1-3H3,(H,25,26). The highest BCUT2D eigenvalue weighted by Gasteiger charge is 2.10. The molecule has 9 nitrogen and oxygen atoms in total. The van der Waals surface area contributed by atoms with Crippen molar-refractivity contribution in [3.8, 4) is 29.3 Å². The summed E-state index contributed by atoms with van der Waals surface area (Å²) in [4.78, 5) is 20.5. The molecule has 0 unspecified atom stereocenters. The molecule has 30 heavy (non-hydrogen) atoms. The number of hydrogen-bond donors (Lipinski definition) is 1. The van der Waals surface area contributed by atoms with Crippen molar-refractivity contribution in [3.05, 3.63) is 65.7 Å². The molecule has 1 aromatic heterocycles. The zero-order chi connectivity index (χ0) is 21.3. The molecule has 9 heteroatoms. The molecule has 154 valence electrons. The van der Waals surface area contributed by atoms with Gasteiger partial charge in [0.1, 0.15) is 11.5 Å². The maximum atomic E-state index is 12.3. The third kappa shape index (κ3) is 5.22. The second-order valence-corrected chi connectivity index (χ2v) is 5.81. The van der Waals surface area contributed by atoms with Crippen molar-refractivity contribution in [1.29, 1.82) is 0 Å². The highest BCUT2D eigenvalue weighted by molar-refractivity contribution is 5.95. The van der Waals surface area contributed by atoms with E-state index in [0.29, 0.717) is 34.4 Å². The third-order valence-electron chi connectivity index (χ3n) is 3.90. The summed E-state index contributed by atoms with van der Waals surface area (Å²) in [7, 11) is 4.50. The third-order valence-corrected chi connectivity index (χ3v) is 3.90. The Morgan fingerprint density at radius 1 is 0.933 bits per heavy atom. The minimum absolute atomic E-state index is 0.0486. The summed E-state index contributed by atoms with van der Waals surface area (Å²) < 4.78 is 21.1. The van der Waals surface area contributed by atoms with Gasteiger partial charge in [0.25, 0.3) is 5.91 Å². The highest BCUT2D eigenvalue weighted by atomic mass is 16.5. The maximum Gasteiger partial charge on any atom is 0.328 e. The number of amides is 1. The van der Waals surface area contributed by atoms with E-state index in [1.54, 1.807) is 42.5 Å². The number of nitrogens with zero attached hydrogens (tertiary/aromatic N) is 3. The molecule has 3 aromatic rings. The number of hydrogen-bond acceptors (Lipinski definition) is 8. The first kappa shape index (κ1) is 20.6. The number of para-hydroxylation sites is 1. The predicted octanol–water partition coefficient (Wildman–Crippen LogP) is 3.06. The Labute approximate surface area is 173 Å². The van der Waals surface area contributed by atoms with Crippen molar-refractivity contribution in [2.75, 3.05) is 21.3 Å². The smallest absolute Gasteiger partial charge is 0.328 e. The maximum absolute atomic E-state index is 12.3. The van der Waals surface area contributed by atoms with E-state index in [-0.39, 0.29) is 11.9 Å². The Morgan fingerprint density at radius 3 is 2.37 bits per heavy atom. The summed E-state index contributed by atoms with van der Waals surface area (Å²) in [5.74, 6) is 1.25. The summed E-state index contributed by atoms with van der Waals surface area (Å²) in [6.45, 7) is 0. The van der Waals surface area contributed by atoms with Gasteiger partial charge in [0, 0.05) is 11.1 Å². The van der Waals surface area contributed by atoms with Crippen LogP contribution in [0.25, 0.3) is 0 Å². The minimum atomic E-state index is -0.371. The first-order valence-electron chi connectivity index (χ1n) is 8.84. The molecule has 1 heterocycles. The lowest BCUT2D eigenvalue weighted by Gasteiger charge is -2.09. The van der Waals surface area contributed by atoms with Gasteiger partial charge < -0.3 is 18.9 Å². The van der Waals surface area contributed by atoms with E-state index in [4.69, 9.17) is 18.9 Å². The Hall–Kier alpha value is -4.14. The number of nitrogens with one attached hydrogen (secondary N) is 1. The second-order valence-electron chi connectivity index (χ2n) is 5.81. The summed E-state index contributed by atoms with van der Waals surface area (Å²) >= 11 is 0. The lowest BCUT2D eigenvalue weighted by Crippen LogP contribution is -2.17. The van der Waals surface area contributed by atoms with Crippen LogP contribution in [0.1, 0.15) is 15.9 Å². The molecule has 0 radical (unpaired) electrons. The zero-order valence-corrected chi connectivity index (χ0v) is 16.7. The molecule has 3 rings (SSSR count). The van der Waals surface area contributed by atoms with E-state index in [1.165, 1.54) is 33.6 Å². The molecule has 0 saturated heterocycles. The molecular weight excluding hydrogens is 388 g/mol. The van der Waals surface area contributed by atoms with Crippen molar-refractivity contribution in [3.63, 3.8) is 0 Å². The number of rotatable bonds is 8. The van der Waals surface area contributed by atoms with E-state index in [2.05, 4.69) is 20.5 Å². The van der Waals surface area contributed by atoms with Crippen molar-refractivity contribution in [1.82, 2.24) is 15.4 Å². The van der Waals surface area contributed by atoms with Crippen molar-refractivity contribution < 1.29 is 23.7 Å². The van der Waals surface area contributed by atoms with Crippen LogP contribution in [0.3, 0.4) is 0 Å². The fourth-order valence-electron chi connectivity index (χ4n) is 2.41. The average molecular weight is 408 g/mol. The van der Waals surface area contributed by atoms with Gasteiger partial charge in [-0.2, -0.15) is 15.1 Å². The largest absolute Gasteiger partial charge is 0.497 e. The van der Waals surface area contributed by atoms with E-state index in [9.17, 15) is 4.79 Å². The number of hydrazone groups is 1. The van der Waals surface area contributed by atoms with Crippen LogP contribution in [-0.2, 0) is 0 Å². The van der Waals surface area contributed by atoms with Crippen LogP contribution >= 0.6 is 0 Å². The molecule has 1 amide bonds. The highest BCUT2D eigenvalue weighted by Crippen LogP contribution is 2.25. The van der Waals surface area contributed by atoms with Crippen LogP contribution in [0.4, 0.5) is 0 Å². The Balaban J connectivity index is 1.74. The summed E-state index contributed by atoms with van der Waals surface area (Å²) in [5, 5.41) is 4.01. The normalized spacial score (nSPS) is 10.5. The number of methoxy groups -OCH3 is 3. The minimum Gasteiger partial charge on any atom is -0.497 e. The fourth-order valence-corrected chi connectivity index (χ4v) is 2.41. The van der Waals surface area contributed by atoms with Gasteiger partial charge in [0.2, 0.25) is 11.8 Å². The van der Waals surface area contributed by atoms with Gasteiger partial charge in [0.05, 0.1) is 33.6 Å². The van der Waals surface area contributed by atoms with E-state index >= 15 is 0 Å². The molecular formula is C21H20N4O5. The van der Waals surface area contributed by atoms with Crippen LogP contribution in [-0.4, -0.2) is 43.4 Å². The van der Waals surface area contributed by atoms with E-state index < -0.39 is 0 Å². The molecule has 0 fully saturated rings. The monoisotopic (exact) mass is 408 g/mol. The molecule has 0 aliphatic carbocycles. The molecule has 2 aromatic carbocycles. The summed E-state index contributed by atoms with van der Waals surface area (Å²) in [5.41, 5.74) is 3.50. The molecule has 1 N–H and O–H groups in total. The van der Waals surface area contributed by atoms with Gasteiger partial charge in [-0.25, -0.2) is 5.43 Å². The Morgan fingerprint density at radius 2 is 1.67 bits per heavy atom. The quantitative estimate of drug-likeness (QED) is 0.451. The van der Waals surface area contributed by atoms with Gasteiger partial charge in [-0.05, 0) is 30.3 Å². The average Bonchev–Trinajstić information content (AvgIpc) is 2.79. The topological polar surface area (TPSA) is 104 Å². The number of carbonyl (C=O) groups is 1. The first-order valence-corrected chi connectivity index (χ1v) is 8.84. The van der Waals surface area contributed by atoms with Gasteiger partial charge >= 0.3 is 6.01 Å². The molecule has 0 aliphatic heterocycles. The fraction of sp³-hybridized carbons (Fsp3) is 0.143. The number of benzene rings is 2. The van der Waals surface area contributed by atoms with Crippen molar-refractivity contribution >= 4 is 12.1 Å². The van der Waals surface area contributed by atoms with Crippen LogP contribution in [0.2, 0.25) is 0 Å². The van der Waals surface area contributed by atoms with Gasteiger partial charge in [-0.1, -0.05) is 18.2 Å². The van der Waals surface area contributed by atoms with Crippen molar-refractivity contribution in [2.24, 2.45) is 5.10 Å². The van der Waals surface area contributed by atoms with Crippen molar-refractivity contribution in [2.45, 2.75) is 0 Å². The lowest BCUT2D eigenvalue weighted by molar-refractivity contribution is 0.0954. The molecule has 0 saturated carbocycles. The Bertz CT molecular complexity index is 1030. The van der Waals surface area contributed by atoms with Crippen LogP contribution < -0.4 is 24.4 Å². The first-order chi connectivity index (χ1) is 14.6. The zero-order valence-electron chi connectivity index (χ0n) is 16.7. The second kappa shape index (κ2) is 9.87. The molecule has 0 atom stereocenters. The van der Waals surface area contributed by atoms with Crippen LogP contribution in [0.5, 0.6) is 29.3 Å². The van der Waals surface area contributed by atoms with E-state index in [0.717, 1.165) is 0 Å². The number of aromatic nitrogens is 2.